The van der Waals surface area contributed by atoms with Gasteiger partial charge in [0.05, 0.1) is 19.2 Å². The number of ether oxygens (including phenoxy) is 2. The van der Waals surface area contributed by atoms with Crippen LogP contribution in [0.2, 0.25) is 5.02 Å². The zero-order valence-corrected chi connectivity index (χ0v) is 14.8. The second-order valence-corrected chi connectivity index (χ2v) is 6.27. The number of methoxy groups -OCH3 is 2. The molecule has 1 rings (SSSR count). The van der Waals surface area contributed by atoms with Crippen molar-refractivity contribution in [2.45, 2.75) is 38.6 Å². The lowest BCUT2D eigenvalue weighted by atomic mass is 9.84. The lowest BCUT2D eigenvalue weighted by Crippen LogP contribution is -2.51. The number of Topliss-reactive ketones (excluding diaryl/α,β-unsaturated/α-hetero) is 1. The first-order chi connectivity index (χ1) is 10.7. The number of halogens is 1. The molecule has 0 saturated heterocycles. The standard InChI is InChI=1S/C17H24ClNO4/c1-11(17(2,19)16(21)23-4)8-9-13(20)10-12-6-5-7-14(18)15(12)22-3/h5-7,11H,8-10,19H2,1-4H3. The summed E-state index contributed by atoms with van der Waals surface area (Å²) >= 11 is 6.05. The molecule has 128 valence electrons. The van der Waals surface area contributed by atoms with Gasteiger partial charge in [-0.3, -0.25) is 9.59 Å². The lowest BCUT2D eigenvalue weighted by Gasteiger charge is -2.28. The molecule has 0 radical (unpaired) electrons. The number of carbonyl (C=O) groups is 2. The van der Waals surface area contributed by atoms with Crippen molar-refractivity contribution in [1.29, 1.82) is 0 Å². The number of hydrogen-bond acceptors (Lipinski definition) is 5. The fourth-order valence-electron chi connectivity index (χ4n) is 2.32. The molecule has 0 aliphatic rings. The molecule has 2 unspecified atom stereocenters. The van der Waals surface area contributed by atoms with Gasteiger partial charge in [0, 0.05) is 18.4 Å². The maximum absolute atomic E-state index is 12.2. The highest BCUT2D eigenvalue weighted by Gasteiger charge is 2.35. The van der Waals surface area contributed by atoms with Crippen molar-refractivity contribution in [3.8, 4) is 5.75 Å². The normalized spacial score (nSPS) is 14.7. The van der Waals surface area contributed by atoms with Crippen LogP contribution in [0.1, 0.15) is 32.3 Å². The summed E-state index contributed by atoms with van der Waals surface area (Å²) in [5.74, 6) is -0.0963. The van der Waals surface area contributed by atoms with E-state index < -0.39 is 11.5 Å². The van der Waals surface area contributed by atoms with Gasteiger partial charge in [0.2, 0.25) is 0 Å². The highest BCUT2D eigenvalue weighted by atomic mass is 35.5. The molecule has 23 heavy (non-hydrogen) atoms. The van der Waals surface area contributed by atoms with Gasteiger partial charge >= 0.3 is 5.97 Å². The first-order valence-corrected chi connectivity index (χ1v) is 7.82. The number of para-hydroxylation sites is 1. The Bertz CT molecular complexity index is 572. The fraction of sp³-hybridized carbons (Fsp3) is 0.529. The average molecular weight is 342 g/mol. The highest BCUT2D eigenvalue weighted by molar-refractivity contribution is 6.32. The van der Waals surface area contributed by atoms with Gasteiger partial charge < -0.3 is 15.2 Å². The Kier molecular flexibility index (Phi) is 7.03. The SMILES string of the molecule is COC(=O)C(C)(N)C(C)CCC(=O)Cc1cccc(Cl)c1OC. The summed E-state index contributed by atoms with van der Waals surface area (Å²) in [6.07, 6.45) is 1.06. The maximum atomic E-state index is 12.2. The van der Waals surface area contributed by atoms with Gasteiger partial charge in [0.15, 0.2) is 0 Å². The van der Waals surface area contributed by atoms with Gasteiger partial charge in [-0.15, -0.1) is 0 Å². The maximum Gasteiger partial charge on any atom is 0.325 e. The number of rotatable bonds is 8. The third-order valence-corrected chi connectivity index (χ3v) is 4.44. The Morgan fingerprint density at radius 3 is 2.57 bits per heavy atom. The van der Waals surface area contributed by atoms with E-state index in [-0.39, 0.29) is 18.1 Å². The molecule has 0 aliphatic carbocycles. The minimum Gasteiger partial charge on any atom is -0.495 e. The summed E-state index contributed by atoms with van der Waals surface area (Å²) < 4.78 is 9.94. The Morgan fingerprint density at radius 1 is 1.35 bits per heavy atom. The predicted octanol–water partition coefficient (Wildman–Crippen LogP) is 2.77. The molecule has 0 heterocycles. The van der Waals surface area contributed by atoms with E-state index in [4.69, 9.17) is 26.8 Å². The molecule has 6 heteroatoms. The molecule has 0 aliphatic heterocycles. The molecule has 0 amide bonds. The Morgan fingerprint density at radius 2 is 2.00 bits per heavy atom. The van der Waals surface area contributed by atoms with Crippen molar-refractivity contribution >= 4 is 23.4 Å². The molecule has 0 saturated carbocycles. The van der Waals surface area contributed by atoms with Gasteiger partial charge in [-0.1, -0.05) is 30.7 Å². The van der Waals surface area contributed by atoms with Crippen LogP contribution in [0, 0.1) is 5.92 Å². The van der Waals surface area contributed by atoms with Crippen molar-refractivity contribution < 1.29 is 19.1 Å². The second-order valence-electron chi connectivity index (χ2n) is 5.86. The summed E-state index contributed by atoms with van der Waals surface area (Å²) in [4.78, 5) is 23.9. The number of hydrogen-bond donors (Lipinski definition) is 1. The molecule has 2 atom stereocenters. The van der Waals surface area contributed by atoms with E-state index in [9.17, 15) is 9.59 Å². The molecular formula is C17H24ClNO4. The van der Waals surface area contributed by atoms with Crippen molar-refractivity contribution in [3.63, 3.8) is 0 Å². The van der Waals surface area contributed by atoms with Crippen LogP contribution in [-0.2, 0) is 20.7 Å². The highest BCUT2D eigenvalue weighted by Crippen LogP contribution is 2.29. The smallest absolute Gasteiger partial charge is 0.325 e. The van der Waals surface area contributed by atoms with E-state index in [2.05, 4.69) is 0 Å². The van der Waals surface area contributed by atoms with Gasteiger partial charge in [-0.2, -0.15) is 0 Å². The Balaban J connectivity index is 2.65. The van der Waals surface area contributed by atoms with E-state index in [1.165, 1.54) is 14.2 Å². The Hall–Kier alpha value is -1.59. The molecule has 0 aromatic heterocycles. The molecule has 0 bridgehead atoms. The molecule has 1 aromatic rings. The zero-order chi connectivity index (χ0) is 17.6. The van der Waals surface area contributed by atoms with Crippen LogP contribution in [0.3, 0.4) is 0 Å². The largest absolute Gasteiger partial charge is 0.495 e. The van der Waals surface area contributed by atoms with Crippen LogP contribution >= 0.6 is 11.6 Å². The minimum atomic E-state index is -1.11. The van der Waals surface area contributed by atoms with Crippen LogP contribution in [0.15, 0.2) is 18.2 Å². The molecular weight excluding hydrogens is 318 g/mol. The molecule has 1 aromatic carbocycles. The number of carbonyl (C=O) groups excluding carboxylic acids is 2. The molecule has 5 nitrogen and oxygen atoms in total. The van der Waals surface area contributed by atoms with Crippen LogP contribution in [0.4, 0.5) is 0 Å². The quantitative estimate of drug-likeness (QED) is 0.735. The van der Waals surface area contributed by atoms with Gasteiger partial charge in [0.1, 0.15) is 17.1 Å². The monoisotopic (exact) mass is 341 g/mol. The Labute approximate surface area is 142 Å². The van der Waals surface area contributed by atoms with E-state index in [1.54, 1.807) is 19.1 Å². The van der Waals surface area contributed by atoms with Crippen molar-refractivity contribution in [2.75, 3.05) is 14.2 Å². The number of esters is 1. The van der Waals surface area contributed by atoms with Crippen LogP contribution in [0.5, 0.6) is 5.75 Å². The van der Waals surface area contributed by atoms with E-state index in [0.29, 0.717) is 23.6 Å². The number of ketones is 1. The number of nitrogens with two attached hydrogens (primary N) is 1. The summed E-state index contributed by atoms with van der Waals surface area (Å²) in [5, 5.41) is 0.478. The van der Waals surface area contributed by atoms with Crippen molar-refractivity contribution in [3.05, 3.63) is 28.8 Å². The van der Waals surface area contributed by atoms with Gasteiger partial charge in [-0.05, 0) is 25.3 Å². The summed E-state index contributed by atoms with van der Waals surface area (Å²) in [7, 11) is 2.82. The second kappa shape index (κ2) is 8.31. The molecule has 0 spiro atoms. The van der Waals surface area contributed by atoms with Crippen LogP contribution in [0.25, 0.3) is 0 Å². The summed E-state index contributed by atoms with van der Waals surface area (Å²) in [6.45, 7) is 3.46. The van der Waals surface area contributed by atoms with Gasteiger partial charge in [-0.25, -0.2) is 0 Å². The summed E-state index contributed by atoms with van der Waals surface area (Å²) in [6, 6.07) is 5.31. The lowest BCUT2D eigenvalue weighted by molar-refractivity contribution is -0.148. The van der Waals surface area contributed by atoms with E-state index in [0.717, 1.165) is 5.56 Å². The first kappa shape index (κ1) is 19.5. The van der Waals surface area contributed by atoms with Crippen molar-refractivity contribution in [2.24, 2.45) is 11.7 Å². The van der Waals surface area contributed by atoms with Crippen molar-refractivity contribution in [1.82, 2.24) is 0 Å². The minimum absolute atomic E-state index is 0.0399. The van der Waals surface area contributed by atoms with E-state index in [1.807, 2.05) is 13.0 Å². The van der Waals surface area contributed by atoms with Crippen LogP contribution < -0.4 is 10.5 Å². The zero-order valence-electron chi connectivity index (χ0n) is 14.0. The molecule has 2 N–H and O–H groups in total. The van der Waals surface area contributed by atoms with Gasteiger partial charge in [0.25, 0.3) is 0 Å². The van der Waals surface area contributed by atoms with E-state index >= 15 is 0 Å². The molecule has 0 fully saturated rings. The average Bonchev–Trinajstić information content (AvgIpc) is 2.51. The number of benzene rings is 1. The third-order valence-electron chi connectivity index (χ3n) is 4.15. The third kappa shape index (κ3) is 4.94. The van der Waals surface area contributed by atoms with Crippen LogP contribution in [-0.4, -0.2) is 31.5 Å². The predicted molar refractivity (Wildman–Crippen MR) is 89.7 cm³/mol. The fourth-order valence-corrected chi connectivity index (χ4v) is 2.59. The summed E-state index contributed by atoms with van der Waals surface area (Å²) in [5.41, 5.74) is 5.64. The first-order valence-electron chi connectivity index (χ1n) is 7.44. The topological polar surface area (TPSA) is 78.6 Å².